The number of likely N-dealkylation sites (tertiary alicyclic amines) is 1. The minimum Gasteiger partial charge on any atom is -0.355 e. The second-order valence-corrected chi connectivity index (χ2v) is 10.1. The van der Waals surface area contributed by atoms with Crippen LogP contribution in [0.4, 0.5) is 5.69 Å². The summed E-state index contributed by atoms with van der Waals surface area (Å²) < 4.78 is 0. The molecule has 2 saturated heterocycles. The van der Waals surface area contributed by atoms with E-state index in [1.54, 1.807) is 15.9 Å². The number of anilines is 1. The summed E-state index contributed by atoms with van der Waals surface area (Å²) in [5, 5.41) is 3.04. The van der Waals surface area contributed by atoms with E-state index in [-0.39, 0.29) is 17.7 Å². The monoisotopic (exact) mass is 440 g/mol. The fourth-order valence-corrected chi connectivity index (χ4v) is 5.86. The van der Waals surface area contributed by atoms with E-state index in [0.29, 0.717) is 61.9 Å². The van der Waals surface area contributed by atoms with Crippen molar-refractivity contribution in [2.24, 2.45) is 11.8 Å². The Morgan fingerprint density at radius 1 is 1.12 bits per heavy atom. The first-order valence-electron chi connectivity index (χ1n) is 12.0. The zero-order chi connectivity index (χ0) is 22.9. The fraction of sp³-hybridized carbons (Fsp3) is 0.640. The lowest BCUT2D eigenvalue weighted by atomic mass is 9.92. The fourth-order valence-electron chi connectivity index (χ4n) is 5.86. The molecule has 174 valence electrons. The molecule has 0 saturated carbocycles. The number of nitrogens with one attached hydrogen (secondary N) is 1. The van der Waals surface area contributed by atoms with Crippen LogP contribution in [0.5, 0.6) is 0 Å². The molecule has 7 heteroatoms. The number of benzene rings is 1. The van der Waals surface area contributed by atoms with Gasteiger partial charge in [-0.2, -0.15) is 0 Å². The van der Waals surface area contributed by atoms with Gasteiger partial charge in [0.25, 0.3) is 5.91 Å². The number of carbonyl (C=O) groups is 3. The van der Waals surface area contributed by atoms with E-state index in [4.69, 9.17) is 0 Å². The average Bonchev–Trinajstić information content (AvgIpc) is 3.05. The molecule has 32 heavy (non-hydrogen) atoms. The van der Waals surface area contributed by atoms with Gasteiger partial charge in [-0.25, -0.2) is 0 Å². The van der Waals surface area contributed by atoms with Crippen LogP contribution in [0.15, 0.2) is 24.3 Å². The highest BCUT2D eigenvalue weighted by Crippen LogP contribution is 2.44. The lowest BCUT2D eigenvalue weighted by molar-refractivity contribution is -0.121. The topological polar surface area (TPSA) is 73.0 Å². The molecule has 1 aromatic rings. The maximum Gasteiger partial charge on any atom is 0.257 e. The first-order chi connectivity index (χ1) is 15.3. The van der Waals surface area contributed by atoms with E-state index in [2.05, 4.69) is 24.1 Å². The van der Waals surface area contributed by atoms with Gasteiger partial charge < -0.3 is 15.1 Å². The summed E-state index contributed by atoms with van der Waals surface area (Å²) in [6.07, 6.45) is 3.29. The van der Waals surface area contributed by atoms with Crippen LogP contribution in [0.2, 0.25) is 0 Å². The predicted molar refractivity (Wildman–Crippen MR) is 124 cm³/mol. The molecule has 0 spiro atoms. The van der Waals surface area contributed by atoms with Crippen LogP contribution in [0.3, 0.4) is 0 Å². The second kappa shape index (κ2) is 9.22. The maximum atomic E-state index is 13.2. The Hall–Kier alpha value is -2.41. The van der Waals surface area contributed by atoms with Crippen molar-refractivity contribution in [3.8, 4) is 0 Å². The molecule has 4 rings (SSSR count). The number of fused-ring (bicyclic) bond motifs is 3. The van der Waals surface area contributed by atoms with Crippen molar-refractivity contribution >= 4 is 23.4 Å². The molecule has 0 aromatic heterocycles. The molecule has 3 amide bonds. The van der Waals surface area contributed by atoms with E-state index in [1.807, 2.05) is 25.1 Å². The van der Waals surface area contributed by atoms with Crippen molar-refractivity contribution < 1.29 is 14.4 Å². The molecule has 1 N–H and O–H groups in total. The number of para-hydroxylation sites is 1. The van der Waals surface area contributed by atoms with Gasteiger partial charge in [-0.15, -0.1) is 0 Å². The number of piperidine rings is 1. The smallest absolute Gasteiger partial charge is 0.257 e. The number of nitrogens with zero attached hydrogens (tertiary/aromatic N) is 3. The molecule has 1 aromatic carbocycles. The Balaban J connectivity index is 1.29. The predicted octanol–water partition coefficient (Wildman–Crippen LogP) is 2.86. The van der Waals surface area contributed by atoms with E-state index in [1.165, 1.54) is 6.42 Å². The highest BCUT2D eigenvalue weighted by atomic mass is 16.2. The third-order valence-corrected chi connectivity index (χ3v) is 7.23. The highest BCUT2D eigenvalue weighted by Gasteiger charge is 2.52. The lowest BCUT2D eigenvalue weighted by Crippen LogP contribution is -2.62. The van der Waals surface area contributed by atoms with Gasteiger partial charge in [-0.05, 0) is 50.2 Å². The number of carbonyl (C=O) groups excluding carboxylic acids is 3. The molecule has 0 bridgehead atoms. The molecular weight excluding hydrogens is 404 g/mol. The number of hydrogen-bond donors (Lipinski definition) is 1. The quantitative estimate of drug-likeness (QED) is 0.708. The van der Waals surface area contributed by atoms with Crippen molar-refractivity contribution in [3.05, 3.63) is 29.8 Å². The maximum absolute atomic E-state index is 13.2. The summed E-state index contributed by atoms with van der Waals surface area (Å²) in [5.41, 5.74) is 0.619. The zero-order valence-electron chi connectivity index (χ0n) is 19.6. The van der Waals surface area contributed by atoms with Gasteiger partial charge in [-0.1, -0.05) is 26.0 Å². The standard InChI is InChI=1S/C25H36N4O3/c1-18-15-19(2)17-27(16-18)14-12-26-22(30)9-6-13-28-24(32)20-7-4-5-8-21(20)29-23(31)10-11-25(28,29)3/h4-5,7-8,18-19H,6,9-17H2,1-3H3,(H,26,30). The molecule has 3 aliphatic rings. The van der Waals surface area contributed by atoms with E-state index >= 15 is 0 Å². The van der Waals surface area contributed by atoms with Crippen molar-refractivity contribution in [3.63, 3.8) is 0 Å². The lowest BCUT2D eigenvalue weighted by Gasteiger charge is -2.48. The van der Waals surface area contributed by atoms with Crippen LogP contribution in [-0.2, 0) is 9.59 Å². The van der Waals surface area contributed by atoms with Crippen LogP contribution < -0.4 is 10.2 Å². The van der Waals surface area contributed by atoms with Gasteiger partial charge in [0, 0.05) is 45.6 Å². The van der Waals surface area contributed by atoms with Gasteiger partial charge in [-0.3, -0.25) is 19.3 Å². The second-order valence-electron chi connectivity index (χ2n) is 10.1. The average molecular weight is 441 g/mol. The zero-order valence-corrected chi connectivity index (χ0v) is 19.6. The van der Waals surface area contributed by atoms with Gasteiger partial charge in [0.1, 0.15) is 5.66 Å². The Bertz CT molecular complexity index is 878. The van der Waals surface area contributed by atoms with Crippen LogP contribution in [0.25, 0.3) is 0 Å². The first-order valence-corrected chi connectivity index (χ1v) is 12.0. The van der Waals surface area contributed by atoms with Crippen molar-refractivity contribution in [1.29, 1.82) is 0 Å². The Morgan fingerprint density at radius 2 is 1.84 bits per heavy atom. The molecular formula is C25H36N4O3. The number of rotatable bonds is 7. The van der Waals surface area contributed by atoms with Crippen molar-refractivity contribution in [2.45, 2.75) is 58.5 Å². The number of hydrogen-bond acceptors (Lipinski definition) is 4. The first kappa shape index (κ1) is 22.8. The minimum absolute atomic E-state index is 0.0254. The Kier molecular flexibility index (Phi) is 6.56. The van der Waals surface area contributed by atoms with Crippen molar-refractivity contribution in [1.82, 2.24) is 15.1 Å². The summed E-state index contributed by atoms with van der Waals surface area (Å²) >= 11 is 0. The molecule has 3 aliphatic heterocycles. The Morgan fingerprint density at radius 3 is 2.59 bits per heavy atom. The highest BCUT2D eigenvalue weighted by molar-refractivity contribution is 6.10. The van der Waals surface area contributed by atoms with Gasteiger partial charge in [0.15, 0.2) is 0 Å². The van der Waals surface area contributed by atoms with Crippen LogP contribution in [0.1, 0.15) is 63.2 Å². The van der Waals surface area contributed by atoms with E-state index < -0.39 is 5.66 Å². The van der Waals surface area contributed by atoms with Gasteiger partial charge in [0.05, 0.1) is 11.3 Å². The van der Waals surface area contributed by atoms with Crippen molar-refractivity contribution in [2.75, 3.05) is 37.6 Å². The van der Waals surface area contributed by atoms with E-state index in [9.17, 15) is 14.4 Å². The number of amides is 3. The molecule has 0 aliphatic carbocycles. The van der Waals surface area contributed by atoms with Crippen LogP contribution in [0, 0.1) is 11.8 Å². The molecule has 7 nitrogen and oxygen atoms in total. The molecule has 3 heterocycles. The minimum atomic E-state index is -0.652. The van der Waals surface area contributed by atoms with E-state index in [0.717, 1.165) is 19.6 Å². The molecule has 3 unspecified atom stereocenters. The molecule has 3 atom stereocenters. The summed E-state index contributed by atoms with van der Waals surface area (Å²) in [6.45, 7) is 10.8. The summed E-state index contributed by atoms with van der Waals surface area (Å²) in [5.74, 6) is 1.45. The summed E-state index contributed by atoms with van der Waals surface area (Å²) in [7, 11) is 0. The van der Waals surface area contributed by atoms with Gasteiger partial charge >= 0.3 is 0 Å². The third kappa shape index (κ3) is 4.40. The third-order valence-electron chi connectivity index (χ3n) is 7.23. The summed E-state index contributed by atoms with van der Waals surface area (Å²) in [6, 6.07) is 7.33. The normalized spacial score (nSPS) is 28.0. The SMILES string of the molecule is CC1CC(C)CN(CCNC(=O)CCCN2C(=O)c3ccccc3N3C(=O)CCC23C)C1. The molecule has 2 fully saturated rings. The van der Waals surface area contributed by atoms with Crippen LogP contribution in [-0.4, -0.2) is 65.9 Å². The molecule has 0 radical (unpaired) electrons. The summed E-state index contributed by atoms with van der Waals surface area (Å²) in [4.78, 5) is 44.3. The van der Waals surface area contributed by atoms with Gasteiger partial charge in [0.2, 0.25) is 11.8 Å². The Labute approximate surface area is 191 Å². The largest absolute Gasteiger partial charge is 0.355 e. The van der Waals surface area contributed by atoms with Crippen LogP contribution >= 0.6 is 0 Å².